The summed E-state index contributed by atoms with van der Waals surface area (Å²) in [6, 6.07) is 7.27. The average Bonchev–Trinajstić information content (AvgIpc) is 2.31. The molecule has 20 heavy (non-hydrogen) atoms. The van der Waals surface area contributed by atoms with Crippen LogP contribution >= 0.6 is 15.9 Å². The minimum Gasteiger partial charge on any atom is -0.367 e. The lowest BCUT2D eigenvalue weighted by Crippen LogP contribution is -2.40. The number of hydrogen-bond acceptors (Lipinski definition) is 3. The summed E-state index contributed by atoms with van der Waals surface area (Å²) in [5.74, 6) is 0. The molecular weight excluding hydrogens is 314 g/mol. The number of nitrogens with zero attached hydrogens (tertiary/aromatic N) is 2. The van der Waals surface area contributed by atoms with Crippen molar-refractivity contribution in [2.45, 2.75) is 39.3 Å². The SMILES string of the molecule is CCN(c1ccc(CC(C)N)cc1Br)C(C)CN(C)C. The summed E-state index contributed by atoms with van der Waals surface area (Å²) in [6.07, 6.45) is 0.915. The van der Waals surface area contributed by atoms with Crippen LogP contribution in [0.3, 0.4) is 0 Å². The molecule has 2 atom stereocenters. The average molecular weight is 342 g/mol. The number of halogens is 1. The highest BCUT2D eigenvalue weighted by atomic mass is 79.9. The standard InChI is InChI=1S/C16H28BrN3/c1-6-20(13(3)11-19(4)5)16-8-7-14(9-12(2)18)10-15(16)17/h7-8,10,12-13H,6,9,11,18H2,1-5H3. The van der Waals surface area contributed by atoms with Crippen molar-refractivity contribution < 1.29 is 0 Å². The van der Waals surface area contributed by atoms with Crippen molar-refractivity contribution in [2.75, 3.05) is 32.1 Å². The third-order valence-corrected chi connectivity index (χ3v) is 4.02. The minimum atomic E-state index is 0.197. The van der Waals surface area contributed by atoms with Crippen LogP contribution in [0.2, 0.25) is 0 Å². The van der Waals surface area contributed by atoms with Gasteiger partial charge in [0.2, 0.25) is 0 Å². The van der Waals surface area contributed by atoms with Crippen molar-refractivity contribution in [3.63, 3.8) is 0 Å². The molecule has 4 heteroatoms. The van der Waals surface area contributed by atoms with E-state index >= 15 is 0 Å². The zero-order valence-electron chi connectivity index (χ0n) is 13.4. The maximum atomic E-state index is 5.87. The van der Waals surface area contributed by atoms with Crippen LogP contribution in [-0.4, -0.2) is 44.2 Å². The molecule has 0 saturated heterocycles. The fourth-order valence-corrected chi connectivity index (χ4v) is 3.28. The zero-order valence-corrected chi connectivity index (χ0v) is 14.9. The molecule has 0 bridgehead atoms. The summed E-state index contributed by atoms with van der Waals surface area (Å²) in [6.45, 7) is 8.56. The van der Waals surface area contributed by atoms with Crippen molar-refractivity contribution in [1.82, 2.24) is 4.90 Å². The Bertz CT molecular complexity index is 418. The van der Waals surface area contributed by atoms with E-state index in [-0.39, 0.29) is 6.04 Å². The molecule has 0 aromatic heterocycles. The van der Waals surface area contributed by atoms with Gasteiger partial charge in [0.05, 0.1) is 5.69 Å². The lowest BCUT2D eigenvalue weighted by atomic mass is 10.1. The number of likely N-dealkylation sites (N-methyl/N-ethyl adjacent to an activating group) is 2. The Morgan fingerprint density at radius 3 is 2.35 bits per heavy atom. The van der Waals surface area contributed by atoms with Crippen LogP contribution in [-0.2, 0) is 6.42 Å². The van der Waals surface area contributed by atoms with E-state index in [4.69, 9.17) is 5.73 Å². The molecule has 0 spiro atoms. The topological polar surface area (TPSA) is 32.5 Å². The van der Waals surface area contributed by atoms with Crippen molar-refractivity contribution in [3.8, 4) is 0 Å². The highest BCUT2D eigenvalue weighted by molar-refractivity contribution is 9.10. The Kier molecular flexibility index (Phi) is 7.00. The van der Waals surface area contributed by atoms with E-state index in [1.807, 2.05) is 6.92 Å². The largest absolute Gasteiger partial charge is 0.367 e. The van der Waals surface area contributed by atoms with E-state index < -0.39 is 0 Å². The molecule has 1 aromatic rings. The molecule has 0 aliphatic heterocycles. The summed E-state index contributed by atoms with van der Waals surface area (Å²) in [5.41, 5.74) is 8.41. The number of anilines is 1. The molecule has 1 rings (SSSR count). The quantitative estimate of drug-likeness (QED) is 0.826. The Labute approximate surface area is 132 Å². The van der Waals surface area contributed by atoms with E-state index in [9.17, 15) is 0 Å². The number of rotatable bonds is 7. The first-order chi connectivity index (χ1) is 9.35. The lowest BCUT2D eigenvalue weighted by molar-refractivity contribution is 0.373. The number of nitrogens with two attached hydrogens (primary N) is 1. The molecule has 0 saturated carbocycles. The van der Waals surface area contributed by atoms with Crippen molar-refractivity contribution >= 4 is 21.6 Å². The molecule has 0 radical (unpaired) electrons. The van der Waals surface area contributed by atoms with E-state index in [2.05, 4.69) is 71.9 Å². The molecule has 0 aliphatic carbocycles. The van der Waals surface area contributed by atoms with Gasteiger partial charge in [0.25, 0.3) is 0 Å². The fraction of sp³-hybridized carbons (Fsp3) is 0.625. The van der Waals surface area contributed by atoms with E-state index in [0.29, 0.717) is 6.04 Å². The molecule has 114 valence electrons. The van der Waals surface area contributed by atoms with Crippen molar-refractivity contribution in [2.24, 2.45) is 5.73 Å². The fourth-order valence-electron chi connectivity index (χ4n) is 2.63. The summed E-state index contributed by atoms with van der Waals surface area (Å²) in [5, 5.41) is 0. The van der Waals surface area contributed by atoms with Crippen LogP contribution in [0.1, 0.15) is 26.3 Å². The molecule has 0 fully saturated rings. The third-order valence-electron chi connectivity index (χ3n) is 3.38. The van der Waals surface area contributed by atoms with Crippen molar-refractivity contribution in [1.29, 1.82) is 0 Å². The zero-order chi connectivity index (χ0) is 15.3. The molecule has 1 aromatic carbocycles. The van der Waals surface area contributed by atoms with Gasteiger partial charge >= 0.3 is 0 Å². The molecule has 2 unspecified atom stereocenters. The van der Waals surface area contributed by atoms with E-state index in [1.165, 1.54) is 11.3 Å². The normalized spacial score (nSPS) is 14.4. The second-order valence-electron chi connectivity index (χ2n) is 5.86. The second-order valence-corrected chi connectivity index (χ2v) is 6.72. The summed E-state index contributed by atoms with van der Waals surface area (Å²) >= 11 is 3.72. The molecular formula is C16H28BrN3. The first-order valence-corrected chi connectivity index (χ1v) is 8.09. The highest BCUT2D eigenvalue weighted by Gasteiger charge is 2.16. The van der Waals surface area contributed by atoms with Crippen LogP contribution in [0.4, 0.5) is 5.69 Å². The minimum absolute atomic E-state index is 0.197. The van der Waals surface area contributed by atoms with Gasteiger partial charge in [0.1, 0.15) is 0 Å². The van der Waals surface area contributed by atoms with Crippen molar-refractivity contribution in [3.05, 3.63) is 28.2 Å². The summed E-state index contributed by atoms with van der Waals surface area (Å²) < 4.78 is 1.16. The predicted molar refractivity (Wildman–Crippen MR) is 92.5 cm³/mol. The first-order valence-electron chi connectivity index (χ1n) is 7.30. The third kappa shape index (κ3) is 5.08. The Morgan fingerprint density at radius 1 is 1.25 bits per heavy atom. The summed E-state index contributed by atoms with van der Waals surface area (Å²) in [7, 11) is 4.23. The molecule has 0 aliphatic rings. The molecule has 0 heterocycles. The van der Waals surface area contributed by atoms with Crippen LogP contribution in [0.5, 0.6) is 0 Å². The van der Waals surface area contributed by atoms with Gasteiger partial charge in [-0.25, -0.2) is 0 Å². The number of hydrogen-bond donors (Lipinski definition) is 1. The highest BCUT2D eigenvalue weighted by Crippen LogP contribution is 2.29. The monoisotopic (exact) mass is 341 g/mol. The van der Waals surface area contributed by atoms with Crippen LogP contribution in [0, 0.1) is 0 Å². The number of benzene rings is 1. The molecule has 3 nitrogen and oxygen atoms in total. The van der Waals surface area contributed by atoms with Gasteiger partial charge in [-0.15, -0.1) is 0 Å². The van der Waals surface area contributed by atoms with Gasteiger partial charge in [-0.05, 0) is 74.9 Å². The van der Waals surface area contributed by atoms with E-state index in [1.54, 1.807) is 0 Å². The maximum absolute atomic E-state index is 5.87. The molecule has 2 N–H and O–H groups in total. The first kappa shape index (κ1) is 17.5. The van der Waals surface area contributed by atoms with Gasteiger partial charge in [0.15, 0.2) is 0 Å². The van der Waals surface area contributed by atoms with Crippen LogP contribution < -0.4 is 10.6 Å². The second kappa shape index (κ2) is 8.01. The smallest absolute Gasteiger partial charge is 0.0513 e. The Morgan fingerprint density at radius 2 is 1.90 bits per heavy atom. The maximum Gasteiger partial charge on any atom is 0.0513 e. The summed E-state index contributed by atoms with van der Waals surface area (Å²) in [4.78, 5) is 4.66. The van der Waals surface area contributed by atoms with Gasteiger partial charge in [-0.2, -0.15) is 0 Å². The Balaban J connectivity index is 2.93. The Hall–Kier alpha value is -0.580. The lowest BCUT2D eigenvalue weighted by Gasteiger charge is -2.33. The van der Waals surface area contributed by atoms with Gasteiger partial charge in [-0.3, -0.25) is 0 Å². The van der Waals surface area contributed by atoms with E-state index in [0.717, 1.165) is 24.0 Å². The van der Waals surface area contributed by atoms with Crippen LogP contribution in [0.25, 0.3) is 0 Å². The van der Waals surface area contributed by atoms with Gasteiger partial charge in [-0.1, -0.05) is 6.07 Å². The van der Waals surface area contributed by atoms with Gasteiger partial charge in [0, 0.05) is 29.6 Å². The predicted octanol–water partition coefficient (Wildman–Crippen LogP) is 3.12. The van der Waals surface area contributed by atoms with Gasteiger partial charge < -0.3 is 15.5 Å². The van der Waals surface area contributed by atoms with Crippen LogP contribution in [0.15, 0.2) is 22.7 Å². The molecule has 0 amide bonds.